The van der Waals surface area contributed by atoms with Crippen molar-refractivity contribution < 1.29 is 4.79 Å². The second-order valence-corrected chi connectivity index (χ2v) is 4.83. The molecule has 0 spiro atoms. The number of nitrogens with two attached hydrogens (primary N) is 1. The van der Waals surface area contributed by atoms with Gasteiger partial charge in [-0.05, 0) is 37.8 Å². The monoisotopic (exact) mass is 305 g/mol. The third-order valence-electron chi connectivity index (χ3n) is 3.47. The first-order chi connectivity index (χ1) is 8.09. The largest absolute Gasteiger partial charge is 0.337 e. The van der Waals surface area contributed by atoms with Crippen molar-refractivity contribution in [2.45, 2.75) is 26.3 Å². The van der Waals surface area contributed by atoms with E-state index in [1.807, 2.05) is 30.9 Å². The number of amides is 1. The molecule has 4 nitrogen and oxygen atoms in total. The minimum absolute atomic E-state index is 0. The summed E-state index contributed by atoms with van der Waals surface area (Å²) in [5.74, 6) is 0.453. The Morgan fingerprint density at radius 3 is 2.74 bits per heavy atom. The van der Waals surface area contributed by atoms with Crippen molar-refractivity contribution in [1.29, 1.82) is 0 Å². The Labute approximate surface area is 126 Å². The van der Waals surface area contributed by atoms with Gasteiger partial charge in [-0.1, -0.05) is 6.07 Å². The summed E-state index contributed by atoms with van der Waals surface area (Å²) in [7, 11) is 0. The zero-order valence-electron chi connectivity index (χ0n) is 11.2. The molecule has 1 aliphatic heterocycles. The van der Waals surface area contributed by atoms with E-state index in [1.54, 1.807) is 6.20 Å². The molecule has 1 aromatic rings. The Balaban J connectivity index is 0.00000162. The Morgan fingerprint density at radius 1 is 1.53 bits per heavy atom. The highest BCUT2D eigenvalue weighted by molar-refractivity contribution is 5.93. The number of aryl methyl sites for hydroxylation is 1. The van der Waals surface area contributed by atoms with Crippen LogP contribution < -0.4 is 5.73 Å². The van der Waals surface area contributed by atoms with E-state index in [0.29, 0.717) is 11.6 Å². The third kappa shape index (κ3) is 4.06. The van der Waals surface area contributed by atoms with Crippen LogP contribution in [0.25, 0.3) is 0 Å². The molecule has 2 rings (SSSR count). The molecule has 1 aliphatic rings. The lowest BCUT2D eigenvalue weighted by Gasteiger charge is -2.18. The molecule has 108 valence electrons. The molecular weight excluding hydrogens is 285 g/mol. The van der Waals surface area contributed by atoms with E-state index in [4.69, 9.17) is 5.73 Å². The lowest BCUT2D eigenvalue weighted by molar-refractivity contribution is 0.0779. The summed E-state index contributed by atoms with van der Waals surface area (Å²) in [4.78, 5) is 18.3. The summed E-state index contributed by atoms with van der Waals surface area (Å²) in [5.41, 5.74) is 7.37. The summed E-state index contributed by atoms with van der Waals surface area (Å²) in [6, 6.07) is 3.91. The van der Waals surface area contributed by atoms with Gasteiger partial charge in [-0.25, -0.2) is 0 Å². The van der Waals surface area contributed by atoms with E-state index < -0.39 is 0 Å². The van der Waals surface area contributed by atoms with Gasteiger partial charge in [-0.15, -0.1) is 24.8 Å². The molecule has 0 bridgehead atoms. The maximum absolute atomic E-state index is 12.3. The first kappa shape index (κ1) is 18.2. The lowest BCUT2D eigenvalue weighted by atomic mass is 10.0. The van der Waals surface area contributed by atoms with Crippen LogP contribution in [0.15, 0.2) is 18.3 Å². The normalized spacial score (nSPS) is 19.3. The van der Waals surface area contributed by atoms with Gasteiger partial charge in [0.25, 0.3) is 5.91 Å². The molecule has 2 atom stereocenters. The Bertz CT molecular complexity index is 426. The topological polar surface area (TPSA) is 59.2 Å². The van der Waals surface area contributed by atoms with E-state index in [2.05, 4.69) is 4.98 Å². The lowest BCUT2D eigenvalue weighted by Crippen LogP contribution is -2.33. The molecule has 1 fully saturated rings. The number of carbonyl (C=O) groups is 1. The maximum Gasteiger partial charge on any atom is 0.272 e. The number of carbonyl (C=O) groups excluding carboxylic acids is 1. The van der Waals surface area contributed by atoms with Crippen LogP contribution in [0, 0.1) is 12.8 Å². The Morgan fingerprint density at radius 2 is 2.21 bits per heavy atom. The average molecular weight is 306 g/mol. The molecule has 1 saturated heterocycles. The highest BCUT2D eigenvalue weighted by Gasteiger charge is 2.29. The van der Waals surface area contributed by atoms with Crippen molar-refractivity contribution >= 4 is 30.7 Å². The zero-order chi connectivity index (χ0) is 12.4. The fourth-order valence-corrected chi connectivity index (χ4v) is 2.26. The third-order valence-corrected chi connectivity index (χ3v) is 3.47. The minimum Gasteiger partial charge on any atom is -0.337 e. The number of pyridine rings is 1. The fourth-order valence-electron chi connectivity index (χ4n) is 2.26. The Kier molecular flexibility index (Phi) is 7.34. The van der Waals surface area contributed by atoms with Gasteiger partial charge in [0.2, 0.25) is 0 Å². The smallest absolute Gasteiger partial charge is 0.272 e. The predicted octanol–water partition coefficient (Wildman–Crippen LogP) is 2.04. The second-order valence-electron chi connectivity index (χ2n) is 4.83. The summed E-state index contributed by atoms with van der Waals surface area (Å²) in [6.45, 7) is 5.47. The van der Waals surface area contributed by atoms with Gasteiger partial charge in [0, 0.05) is 25.3 Å². The van der Waals surface area contributed by atoms with Gasteiger partial charge in [-0.2, -0.15) is 0 Å². The molecular formula is C13H21Cl2N3O. The van der Waals surface area contributed by atoms with Gasteiger partial charge >= 0.3 is 0 Å². The van der Waals surface area contributed by atoms with Crippen molar-refractivity contribution in [1.82, 2.24) is 9.88 Å². The standard InChI is InChI=1S/C13H19N3O.2ClH/c1-9-4-3-6-15-12(9)13(17)16-7-5-11(8-16)10(2)14;;/h3-4,6,10-11H,5,7-8,14H2,1-2H3;2*1H. The fraction of sp³-hybridized carbons (Fsp3) is 0.538. The number of rotatable bonds is 2. The number of likely N-dealkylation sites (tertiary alicyclic amines) is 1. The molecule has 0 radical (unpaired) electrons. The summed E-state index contributed by atoms with van der Waals surface area (Å²) >= 11 is 0. The van der Waals surface area contributed by atoms with Gasteiger partial charge in [0.05, 0.1) is 0 Å². The summed E-state index contributed by atoms with van der Waals surface area (Å²) < 4.78 is 0. The molecule has 2 N–H and O–H groups in total. The van der Waals surface area contributed by atoms with E-state index in [1.165, 1.54) is 0 Å². The first-order valence-corrected chi connectivity index (χ1v) is 6.06. The van der Waals surface area contributed by atoms with E-state index in [-0.39, 0.29) is 36.8 Å². The highest BCUT2D eigenvalue weighted by atomic mass is 35.5. The minimum atomic E-state index is 0. The second kappa shape index (κ2) is 7.68. The number of halogens is 2. The molecule has 0 aliphatic carbocycles. The van der Waals surface area contributed by atoms with Crippen molar-refractivity contribution in [3.63, 3.8) is 0 Å². The first-order valence-electron chi connectivity index (χ1n) is 6.06. The van der Waals surface area contributed by atoms with Crippen molar-refractivity contribution in [3.05, 3.63) is 29.6 Å². The van der Waals surface area contributed by atoms with Gasteiger partial charge in [0.1, 0.15) is 5.69 Å². The van der Waals surface area contributed by atoms with Gasteiger partial charge in [-0.3, -0.25) is 9.78 Å². The maximum atomic E-state index is 12.3. The van der Waals surface area contributed by atoms with Crippen LogP contribution in [-0.2, 0) is 0 Å². The molecule has 0 aromatic carbocycles. The zero-order valence-corrected chi connectivity index (χ0v) is 12.8. The van der Waals surface area contributed by atoms with Crippen LogP contribution >= 0.6 is 24.8 Å². The molecule has 2 heterocycles. The van der Waals surface area contributed by atoms with Crippen LogP contribution in [0.1, 0.15) is 29.4 Å². The number of aromatic nitrogens is 1. The van der Waals surface area contributed by atoms with E-state index in [9.17, 15) is 4.79 Å². The Hall–Kier alpha value is -0.840. The molecule has 1 aromatic heterocycles. The molecule has 0 saturated carbocycles. The number of nitrogens with zero attached hydrogens (tertiary/aromatic N) is 2. The van der Waals surface area contributed by atoms with E-state index >= 15 is 0 Å². The quantitative estimate of drug-likeness (QED) is 0.909. The summed E-state index contributed by atoms with van der Waals surface area (Å²) in [6.07, 6.45) is 2.66. The van der Waals surface area contributed by atoms with Crippen LogP contribution in [0.3, 0.4) is 0 Å². The molecule has 2 unspecified atom stereocenters. The van der Waals surface area contributed by atoms with Crippen molar-refractivity contribution in [2.75, 3.05) is 13.1 Å². The van der Waals surface area contributed by atoms with Crippen molar-refractivity contribution in [3.8, 4) is 0 Å². The van der Waals surface area contributed by atoms with Crippen molar-refractivity contribution in [2.24, 2.45) is 11.7 Å². The predicted molar refractivity (Wildman–Crippen MR) is 81.1 cm³/mol. The highest BCUT2D eigenvalue weighted by Crippen LogP contribution is 2.20. The van der Waals surface area contributed by atoms with Gasteiger partial charge < -0.3 is 10.6 Å². The molecule has 19 heavy (non-hydrogen) atoms. The molecule has 6 heteroatoms. The number of hydrogen-bond acceptors (Lipinski definition) is 3. The summed E-state index contributed by atoms with van der Waals surface area (Å²) in [5, 5.41) is 0. The van der Waals surface area contributed by atoms with Crippen LogP contribution in [0.2, 0.25) is 0 Å². The van der Waals surface area contributed by atoms with Gasteiger partial charge in [0.15, 0.2) is 0 Å². The van der Waals surface area contributed by atoms with Crippen LogP contribution in [-0.4, -0.2) is 34.9 Å². The van der Waals surface area contributed by atoms with Crippen LogP contribution in [0.4, 0.5) is 0 Å². The van der Waals surface area contributed by atoms with E-state index in [0.717, 1.165) is 25.1 Å². The molecule has 1 amide bonds. The number of hydrogen-bond donors (Lipinski definition) is 1. The SMILES string of the molecule is Cc1cccnc1C(=O)N1CCC(C(C)N)C1.Cl.Cl. The average Bonchev–Trinajstić information content (AvgIpc) is 2.78. The van der Waals surface area contributed by atoms with Crippen LogP contribution in [0.5, 0.6) is 0 Å².